The zero-order chi connectivity index (χ0) is 18.1. The highest BCUT2D eigenvalue weighted by Crippen LogP contribution is 2.13. The van der Waals surface area contributed by atoms with Gasteiger partial charge in [-0.05, 0) is 12.1 Å². The van der Waals surface area contributed by atoms with Gasteiger partial charge in [0, 0.05) is 31.9 Å². The number of fused-ring (bicyclic) bond motifs is 1. The first-order valence-electron chi connectivity index (χ1n) is 8.54. The monoisotopic (exact) mass is 357 g/mol. The van der Waals surface area contributed by atoms with Crippen LogP contribution in [-0.4, -0.2) is 75.5 Å². The second-order valence-electron chi connectivity index (χ2n) is 6.24. The van der Waals surface area contributed by atoms with Gasteiger partial charge in [0.2, 0.25) is 0 Å². The molecule has 2 aliphatic rings. The highest BCUT2D eigenvalue weighted by Gasteiger charge is 2.36. The molecule has 0 unspecified atom stereocenters. The first kappa shape index (κ1) is 16.7. The number of ether oxygens (including phenoxy) is 1. The molecule has 0 aromatic carbocycles. The van der Waals surface area contributed by atoms with Crippen molar-refractivity contribution < 1.29 is 14.3 Å². The summed E-state index contributed by atoms with van der Waals surface area (Å²) >= 11 is 0. The summed E-state index contributed by atoms with van der Waals surface area (Å²) in [5.41, 5.74) is 0.777. The molecule has 0 aliphatic carbocycles. The van der Waals surface area contributed by atoms with Crippen molar-refractivity contribution in [3.8, 4) is 0 Å². The van der Waals surface area contributed by atoms with E-state index in [9.17, 15) is 14.4 Å². The highest BCUT2D eigenvalue weighted by atomic mass is 16.5. The van der Waals surface area contributed by atoms with Gasteiger partial charge in [0.25, 0.3) is 5.56 Å². The molecule has 0 bridgehead atoms. The molecule has 26 heavy (non-hydrogen) atoms. The van der Waals surface area contributed by atoms with Crippen molar-refractivity contribution in [1.29, 1.82) is 0 Å². The van der Waals surface area contributed by atoms with Gasteiger partial charge in [0.15, 0.2) is 0 Å². The minimum absolute atomic E-state index is 0.141. The Morgan fingerprint density at radius 1 is 1.00 bits per heavy atom. The normalized spacial score (nSPS) is 19.4. The molecule has 0 atom stereocenters. The van der Waals surface area contributed by atoms with E-state index in [1.54, 1.807) is 24.4 Å². The first-order valence-corrected chi connectivity index (χ1v) is 8.54. The molecule has 0 spiro atoms. The van der Waals surface area contributed by atoms with Crippen LogP contribution < -0.4 is 5.56 Å². The van der Waals surface area contributed by atoms with Crippen molar-refractivity contribution in [1.82, 2.24) is 24.3 Å². The Labute approximate surface area is 149 Å². The average Bonchev–Trinajstić information content (AvgIpc) is 2.66. The summed E-state index contributed by atoms with van der Waals surface area (Å²) in [6, 6.07) is 6.68. The van der Waals surface area contributed by atoms with Crippen molar-refractivity contribution >= 4 is 17.5 Å². The van der Waals surface area contributed by atoms with E-state index < -0.39 is 11.8 Å². The molecule has 2 saturated heterocycles. The fourth-order valence-corrected chi connectivity index (χ4v) is 3.26. The number of hydrazine groups is 1. The standard InChI is InChI=1S/C17H19N5O4/c23-15-11-13(18-14-3-1-2-4-21(14)15)12-19-5-6-22(17(25)16(19)24)20-7-9-26-10-8-20/h1-4,11H,5-10,12H2. The molecule has 2 fully saturated rings. The first-order chi connectivity index (χ1) is 12.6. The van der Waals surface area contributed by atoms with E-state index in [4.69, 9.17) is 4.74 Å². The van der Waals surface area contributed by atoms with Gasteiger partial charge in [-0.3, -0.25) is 23.8 Å². The summed E-state index contributed by atoms with van der Waals surface area (Å²) < 4.78 is 6.72. The van der Waals surface area contributed by atoms with Crippen molar-refractivity contribution in [3.63, 3.8) is 0 Å². The molecule has 4 heterocycles. The zero-order valence-electron chi connectivity index (χ0n) is 14.2. The lowest BCUT2D eigenvalue weighted by Crippen LogP contribution is -2.61. The molecule has 2 aliphatic heterocycles. The number of morpholine rings is 1. The van der Waals surface area contributed by atoms with Gasteiger partial charge in [-0.1, -0.05) is 6.07 Å². The smallest absolute Gasteiger partial charge is 0.326 e. The van der Waals surface area contributed by atoms with Crippen LogP contribution in [0.5, 0.6) is 0 Å². The van der Waals surface area contributed by atoms with Crippen LogP contribution in [0.1, 0.15) is 5.69 Å². The van der Waals surface area contributed by atoms with Crippen molar-refractivity contribution in [2.75, 3.05) is 39.4 Å². The minimum Gasteiger partial charge on any atom is -0.379 e. The third-order valence-corrected chi connectivity index (χ3v) is 4.59. The number of hydrogen-bond donors (Lipinski definition) is 0. The fourth-order valence-electron chi connectivity index (χ4n) is 3.26. The van der Waals surface area contributed by atoms with Crippen LogP contribution >= 0.6 is 0 Å². The maximum atomic E-state index is 12.5. The Kier molecular flexibility index (Phi) is 4.39. The number of carbonyl (C=O) groups is 2. The third-order valence-electron chi connectivity index (χ3n) is 4.59. The van der Waals surface area contributed by atoms with Gasteiger partial charge in [-0.25, -0.2) is 9.99 Å². The van der Waals surface area contributed by atoms with Crippen molar-refractivity contribution in [3.05, 3.63) is 46.5 Å². The number of nitrogens with zero attached hydrogens (tertiary/aromatic N) is 5. The van der Waals surface area contributed by atoms with E-state index in [1.807, 2.05) is 5.01 Å². The summed E-state index contributed by atoms with van der Waals surface area (Å²) in [5, 5.41) is 3.37. The Hall–Kier alpha value is -2.78. The maximum Gasteiger partial charge on any atom is 0.326 e. The molecule has 0 N–H and O–H groups in total. The highest BCUT2D eigenvalue weighted by molar-refractivity contribution is 6.35. The number of hydrogen-bond acceptors (Lipinski definition) is 6. The Morgan fingerprint density at radius 2 is 1.81 bits per heavy atom. The number of aromatic nitrogens is 2. The Balaban J connectivity index is 1.50. The molecule has 9 nitrogen and oxygen atoms in total. The lowest BCUT2D eigenvalue weighted by Gasteiger charge is -2.41. The van der Waals surface area contributed by atoms with Crippen LogP contribution in [0.4, 0.5) is 0 Å². The molecule has 4 rings (SSSR count). The van der Waals surface area contributed by atoms with Crippen LogP contribution in [0.15, 0.2) is 35.3 Å². The maximum absolute atomic E-state index is 12.5. The fraction of sp³-hybridized carbons (Fsp3) is 0.412. The molecule has 2 aromatic heterocycles. The van der Waals surface area contributed by atoms with Gasteiger partial charge in [0.05, 0.1) is 32.0 Å². The van der Waals surface area contributed by atoms with Crippen molar-refractivity contribution in [2.24, 2.45) is 0 Å². The van der Waals surface area contributed by atoms with E-state index >= 15 is 0 Å². The molecule has 2 amide bonds. The second kappa shape index (κ2) is 6.85. The largest absolute Gasteiger partial charge is 0.379 e. The number of pyridine rings is 1. The molecule has 0 radical (unpaired) electrons. The average molecular weight is 357 g/mol. The minimum atomic E-state index is -0.571. The zero-order valence-corrected chi connectivity index (χ0v) is 14.2. The van der Waals surface area contributed by atoms with Gasteiger partial charge in [-0.2, -0.15) is 0 Å². The number of amides is 2. The topological polar surface area (TPSA) is 87.5 Å². The quantitative estimate of drug-likeness (QED) is 0.663. The molecule has 9 heteroatoms. The van der Waals surface area contributed by atoms with Crippen LogP contribution in [0.3, 0.4) is 0 Å². The molecular formula is C17H19N5O4. The molecule has 0 saturated carbocycles. The molecular weight excluding hydrogens is 338 g/mol. The Bertz CT molecular complexity index is 905. The second-order valence-corrected chi connectivity index (χ2v) is 6.24. The summed E-state index contributed by atoms with van der Waals surface area (Å²) in [7, 11) is 0. The number of piperazine rings is 1. The predicted octanol–water partition coefficient (Wildman–Crippen LogP) is -0.887. The third kappa shape index (κ3) is 3.06. The van der Waals surface area contributed by atoms with E-state index in [-0.39, 0.29) is 12.1 Å². The molecule has 136 valence electrons. The summed E-state index contributed by atoms with van der Waals surface area (Å²) in [6.07, 6.45) is 1.64. The summed E-state index contributed by atoms with van der Waals surface area (Å²) in [6.45, 7) is 3.26. The van der Waals surface area contributed by atoms with Gasteiger partial charge >= 0.3 is 11.8 Å². The molecule has 2 aromatic rings. The van der Waals surface area contributed by atoms with Crippen LogP contribution in [0, 0.1) is 0 Å². The lowest BCUT2D eigenvalue weighted by molar-refractivity contribution is -0.175. The van der Waals surface area contributed by atoms with Gasteiger partial charge < -0.3 is 9.64 Å². The summed E-state index contributed by atoms with van der Waals surface area (Å²) in [4.78, 5) is 43.0. The predicted molar refractivity (Wildman–Crippen MR) is 91.0 cm³/mol. The number of carbonyl (C=O) groups excluding carboxylic acids is 2. The van der Waals surface area contributed by atoms with Gasteiger partial charge in [0.1, 0.15) is 5.65 Å². The number of rotatable bonds is 3. The SMILES string of the molecule is O=C1C(=O)N(N2CCOCC2)CCN1Cc1cc(=O)n2ccccc2n1. The van der Waals surface area contributed by atoms with Gasteiger partial charge in [-0.15, -0.1) is 0 Å². The van der Waals surface area contributed by atoms with Crippen LogP contribution in [-0.2, 0) is 20.9 Å². The lowest BCUT2D eigenvalue weighted by atomic mass is 10.2. The van der Waals surface area contributed by atoms with E-state index in [0.29, 0.717) is 50.7 Å². The van der Waals surface area contributed by atoms with E-state index in [2.05, 4.69) is 4.98 Å². The van der Waals surface area contributed by atoms with Crippen LogP contribution in [0.2, 0.25) is 0 Å². The van der Waals surface area contributed by atoms with E-state index in [0.717, 1.165) is 0 Å². The Morgan fingerprint density at radius 3 is 2.62 bits per heavy atom. The van der Waals surface area contributed by atoms with Crippen molar-refractivity contribution in [2.45, 2.75) is 6.54 Å². The van der Waals surface area contributed by atoms with Crippen LogP contribution in [0.25, 0.3) is 5.65 Å². The summed E-state index contributed by atoms with van der Waals surface area (Å²) in [5.74, 6) is -1.12. The van der Waals surface area contributed by atoms with E-state index in [1.165, 1.54) is 20.4 Å².